The van der Waals surface area contributed by atoms with E-state index in [1.807, 2.05) is 31.5 Å². The number of halogens is 2. The van der Waals surface area contributed by atoms with Gasteiger partial charge in [-0.05, 0) is 57.9 Å². The lowest BCUT2D eigenvalue weighted by Crippen LogP contribution is -2.42. The number of alkyl halides is 2. The van der Waals surface area contributed by atoms with Crippen molar-refractivity contribution >= 4 is 17.7 Å². The van der Waals surface area contributed by atoms with Gasteiger partial charge in [0.15, 0.2) is 0 Å². The zero-order chi connectivity index (χ0) is 22.6. The van der Waals surface area contributed by atoms with Crippen LogP contribution in [0.25, 0.3) is 0 Å². The molecule has 0 aliphatic carbocycles. The van der Waals surface area contributed by atoms with Gasteiger partial charge in [0.1, 0.15) is 17.0 Å². The summed E-state index contributed by atoms with van der Waals surface area (Å²) in [5.74, 6) is -0.383. The fraction of sp³-hybridized carbons (Fsp3) is 0.455. The summed E-state index contributed by atoms with van der Waals surface area (Å²) in [5.41, 5.74) is 0.267. The molecule has 1 aliphatic rings. The summed E-state index contributed by atoms with van der Waals surface area (Å²) in [6, 6.07) is 9.41. The van der Waals surface area contributed by atoms with Crippen LogP contribution in [0.2, 0.25) is 0 Å². The van der Waals surface area contributed by atoms with Gasteiger partial charge >= 0.3 is 12.7 Å². The molecule has 0 bridgehead atoms. The second kappa shape index (κ2) is 9.36. The van der Waals surface area contributed by atoms with Crippen LogP contribution in [0.3, 0.4) is 0 Å². The number of carbonyl (C=O) groups is 2. The molecule has 2 amide bonds. The van der Waals surface area contributed by atoms with Crippen LogP contribution < -0.4 is 10.1 Å². The second-order valence-electron chi connectivity index (χ2n) is 8.36. The normalized spacial score (nSPS) is 15.1. The molecule has 2 aromatic rings. The molecule has 168 valence electrons. The third-order valence-electron chi connectivity index (χ3n) is 4.84. The Morgan fingerprint density at radius 3 is 2.48 bits per heavy atom. The molecule has 1 aromatic heterocycles. The minimum Gasteiger partial charge on any atom is -0.444 e. The van der Waals surface area contributed by atoms with Gasteiger partial charge in [-0.1, -0.05) is 6.07 Å². The molecular formula is C22H27F2N3O4. The number of likely N-dealkylation sites (tertiary alicyclic amines) is 1. The first-order valence-corrected chi connectivity index (χ1v) is 10.1. The monoisotopic (exact) mass is 435 g/mol. The quantitative estimate of drug-likeness (QED) is 0.724. The summed E-state index contributed by atoms with van der Waals surface area (Å²) in [6.07, 6.45) is 2.87. The maximum Gasteiger partial charge on any atom is 0.410 e. The number of nitrogens with one attached hydrogen (secondary N) is 1. The Labute approximate surface area is 179 Å². The van der Waals surface area contributed by atoms with Gasteiger partial charge in [-0.3, -0.25) is 4.79 Å². The molecule has 0 radical (unpaired) electrons. The molecule has 0 saturated carbocycles. The van der Waals surface area contributed by atoms with Crippen molar-refractivity contribution < 1.29 is 27.8 Å². The van der Waals surface area contributed by atoms with Crippen LogP contribution in [0, 0.1) is 0 Å². The van der Waals surface area contributed by atoms with Crippen molar-refractivity contribution in [3.63, 3.8) is 0 Å². The van der Waals surface area contributed by atoms with Crippen LogP contribution in [-0.2, 0) is 4.74 Å². The number of rotatable bonds is 5. The molecule has 2 heterocycles. The van der Waals surface area contributed by atoms with E-state index in [-0.39, 0.29) is 23.8 Å². The van der Waals surface area contributed by atoms with Crippen molar-refractivity contribution in [1.82, 2.24) is 9.47 Å². The largest absolute Gasteiger partial charge is 0.444 e. The van der Waals surface area contributed by atoms with Gasteiger partial charge in [0, 0.05) is 37.1 Å². The highest BCUT2D eigenvalue weighted by molar-refractivity contribution is 6.03. The number of amides is 2. The molecule has 1 fully saturated rings. The van der Waals surface area contributed by atoms with E-state index in [2.05, 4.69) is 10.1 Å². The first-order valence-electron chi connectivity index (χ1n) is 10.1. The molecule has 1 aliphatic heterocycles. The van der Waals surface area contributed by atoms with Crippen molar-refractivity contribution in [2.45, 2.75) is 51.9 Å². The van der Waals surface area contributed by atoms with E-state index in [9.17, 15) is 18.4 Å². The van der Waals surface area contributed by atoms with Crippen molar-refractivity contribution in [2.75, 3.05) is 18.4 Å². The SMILES string of the molecule is CC(C)(C)OC(=O)N1CCC(n2cccc2C(=O)Nc2cccc(OC(F)F)c2)CC1. The number of piperidine rings is 1. The first-order chi connectivity index (χ1) is 14.6. The van der Waals surface area contributed by atoms with E-state index in [0.29, 0.717) is 37.3 Å². The Hall–Kier alpha value is -3.10. The summed E-state index contributed by atoms with van der Waals surface area (Å²) < 4.78 is 36.5. The molecule has 0 spiro atoms. The lowest BCUT2D eigenvalue weighted by Gasteiger charge is -2.34. The van der Waals surface area contributed by atoms with E-state index in [4.69, 9.17) is 4.74 Å². The molecule has 31 heavy (non-hydrogen) atoms. The van der Waals surface area contributed by atoms with E-state index in [1.165, 1.54) is 18.2 Å². The minimum atomic E-state index is -2.94. The average Bonchev–Trinajstić information content (AvgIpc) is 3.16. The van der Waals surface area contributed by atoms with Crippen LogP contribution in [-0.4, -0.2) is 46.8 Å². The predicted octanol–water partition coefficient (Wildman–Crippen LogP) is 4.91. The zero-order valence-electron chi connectivity index (χ0n) is 17.8. The molecule has 1 saturated heterocycles. The Balaban J connectivity index is 1.62. The molecule has 0 atom stereocenters. The molecule has 0 unspecified atom stereocenters. The fourth-order valence-corrected chi connectivity index (χ4v) is 3.50. The van der Waals surface area contributed by atoms with Crippen molar-refractivity contribution in [2.24, 2.45) is 0 Å². The van der Waals surface area contributed by atoms with Crippen molar-refractivity contribution in [3.8, 4) is 5.75 Å². The van der Waals surface area contributed by atoms with Gasteiger partial charge in [-0.15, -0.1) is 0 Å². The van der Waals surface area contributed by atoms with Crippen molar-refractivity contribution in [3.05, 3.63) is 48.3 Å². The molecule has 1 aromatic carbocycles. The van der Waals surface area contributed by atoms with Crippen LogP contribution >= 0.6 is 0 Å². The Bertz CT molecular complexity index is 915. The lowest BCUT2D eigenvalue weighted by molar-refractivity contribution is -0.0498. The van der Waals surface area contributed by atoms with E-state index >= 15 is 0 Å². The standard InChI is InChI=1S/C22H27F2N3O4/c1-22(2,3)31-21(29)26-12-9-16(10-13-26)27-11-5-8-18(27)19(28)25-15-6-4-7-17(14-15)30-20(23)24/h4-8,11,14,16,20H,9-10,12-13H2,1-3H3,(H,25,28). The zero-order valence-corrected chi connectivity index (χ0v) is 17.8. The molecule has 9 heteroatoms. The van der Waals surface area contributed by atoms with Gasteiger partial charge in [-0.25, -0.2) is 4.79 Å². The predicted molar refractivity (Wildman–Crippen MR) is 112 cm³/mol. The smallest absolute Gasteiger partial charge is 0.410 e. The average molecular weight is 435 g/mol. The highest BCUT2D eigenvalue weighted by atomic mass is 19.3. The Morgan fingerprint density at radius 1 is 1.13 bits per heavy atom. The van der Waals surface area contributed by atoms with Crippen LogP contribution in [0.15, 0.2) is 42.6 Å². The molecular weight excluding hydrogens is 408 g/mol. The van der Waals surface area contributed by atoms with Gasteiger partial charge in [0.05, 0.1) is 0 Å². The summed E-state index contributed by atoms with van der Waals surface area (Å²) in [4.78, 5) is 26.7. The third-order valence-corrected chi connectivity index (χ3v) is 4.84. The molecule has 1 N–H and O–H groups in total. The number of hydrogen-bond acceptors (Lipinski definition) is 4. The Kier molecular flexibility index (Phi) is 6.82. The van der Waals surface area contributed by atoms with E-state index in [1.54, 1.807) is 23.1 Å². The number of carbonyl (C=O) groups excluding carboxylic acids is 2. The third kappa shape index (κ3) is 6.19. The van der Waals surface area contributed by atoms with E-state index < -0.39 is 12.2 Å². The number of ether oxygens (including phenoxy) is 2. The van der Waals surface area contributed by atoms with Gasteiger partial charge in [0.2, 0.25) is 0 Å². The second-order valence-corrected chi connectivity index (χ2v) is 8.36. The highest BCUT2D eigenvalue weighted by Crippen LogP contribution is 2.26. The number of anilines is 1. The number of aromatic nitrogens is 1. The summed E-state index contributed by atoms with van der Waals surface area (Å²) in [6.45, 7) is 3.62. The van der Waals surface area contributed by atoms with Gasteiger partial charge < -0.3 is 24.3 Å². The highest BCUT2D eigenvalue weighted by Gasteiger charge is 2.28. The number of nitrogens with zero attached hydrogens (tertiary/aromatic N) is 2. The van der Waals surface area contributed by atoms with Crippen molar-refractivity contribution in [1.29, 1.82) is 0 Å². The fourth-order valence-electron chi connectivity index (χ4n) is 3.50. The van der Waals surface area contributed by atoms with Gasteiger partial charge in [0.25, 0.3) is 5.91 Å². The van der Waals surface area contributed by atoms with Crippen LogP contribution in [0.1, 0.15) is 50.1 Å². The number of hydrogen-bond donors (Lipinski definition) is 1. The topological polar surface area (TPSA) is 72.8 Å². The van der Waals surface area contributed by atoms with E-state index in [0.717, 1.165) is 0 Å². The molecule has 3 rings (SSSR count). The summed E-state index contributed by atoms with van der Waals surface area (Å²) in [5, 5.41) is 2.72. The Morgan fingerprint density at radius 2 is 1.84 bits per heavy atom. The number of benzene rings is 1. The molecule has 7 nitrogen and oxygen atoms in total. The lowest BCUT2D eigenvalue weighted by atomic mass is 10.0. The summed E-state index contributed by atoms with van der Waals surface area (Å²) in [7, 11) is 0. The van der Waals surface area contributed by atoms with Crippen LogP contribution in [0.5, 0.6) is 5.75 Å². The minimum absolute atomic E-state index is 0.0299. The van der Waals surface area contributed by atoms with Gasteiger partial charge in [-0.2, -0.15) is 8.78 Å². The maximum atomic E-state index is 12.8. The van der Waals surface area contributed by atoms with Crippen LogP contribution in [0.4, 0.5) is 19.3 Å². The maximum absolute atomic E-state index is 12.8. The first kappa shape index (κ1) is 22.6. The summed E-state index contributed by atoms with van der Waals surface area (Å²) >= 11 is 0.